The third kappa shape index (κ3) is 5.26. The second-order valence-electron chi connectivity index (χ2n) is 13.4. The molecule has 0 spiro atoms. The Hall–Kier alpha value is -5.28. The summed E-state index contributed by atoms with van der Waals surface area (Å²) in [5.41, 5.74) is 14.4. The summed E-state index contributed by atoms with van der Waals surface area (Å²) < 4.78 is 6.12. The molecule has 0 saturated heterocycles. The van der Waals surface area contributed by atoms with Crippen LogP contribution in [0.5, 0.6) is 0 Å². The van der Waals surface area contributed by atoms with E-state index in [1.54, 1.807) is 6.39 Å². The van der Waals surface area contributed by atoms with Crippen LogP contribution in [0, 0.1) is 11.8 Å². The summed E-state index contributed by atoms with van der Waals surface area (Å²) in [5.74, 6) is 2.25. The van der Waals surface area contributed by atoms with Gasteiger partial charge in [-0.2, -0.15) is 0 Å². The van der Waals surface area contributed by atoms with Gasteiger partial charge in [-0.25, -0.2) is 9.97 Å². The summed E-state index contributed by atoms with van der Waals surface area (Å²) in [6.07, 6.45) is 8.44. The molecule has 0 N–H and O–H groups in total. The van der Waals surface area contributed by atoms with Crippen molar-refractivity contribution in [1.82, 2.24) is 9.97 Å². The van der Waals surface area contributed by atoms with Crippen LogP contribution in [0.25, 0.3) is 67.0 Å². The minimum absolute atomic E-state index is 0.596. The highest BCUT2D eigenvalue weighted by molar-refractivity contribution is 5.94. The number of pyridine rings is 1. The number of benzene rings is 5. The molecule has 3 aliphatic carbocycles. The van der Waals surface area contributed by atoms with Gasteiger partial charge < -0.3 is 4.42 Å². The average Bonchev–Trinajstić information content (AvgIpc) is 3.66. The summed E-state index contributed by atoms with van der Waals surface area (Å²) in [6, 6.07) is 47.6. The lowest BCUT2D eigenvalue weighted by Crippen LogP contribution is -2.29. The molecule has 0 aliphatic heterocycles. The first-order valence-corrected chi connectivity index (χ1v) is 17.0. The van der Waals surface area contributed by atoms with Gasteiger partial charge in [0.1, 0.15) is 5.52 Å². The molecule has 3 saturated carbocycles. The van der Waals surface area contributed by atoms with Crippen LogP contribution < -0.4 is 0 Å². The Balaban J connectivity index is 1.09. The number of hydrogen-bond acceptors (Lipinski definition) is 3. The molecule has 3 nitrogen and oxygen atoms in total. The molecule has 10 rings (SSSR count). The van der Waals surface area contributed by atoms with Crippen molar-refractivity contribution in [3.8, 4) is 55.9 Å². The molecule has 3 heteroatoms. The first-order valence-electron chi connectivity index (χ1n) is 17.0. The topological polar surface area (TPSA) is 38.9 Å². The molecule has 2 heterocycles. The minimum atomic E-state index is 0.596. The van der Waals surface area contributed by atoms with Gasteiger partial charge >= 0.3 is 0 Å². The Labute approximate surface area is 276 Å². The lowest BCUT2D eigenvalue weighted by Gasteiger charge is -2.42. The van der Waals surface area contributed by atoms with Gasteiger partial charge in [0.25, 0.3) is 0 Å². The third-order valence-electron chi connectivity index (χ3n) is 10.6. The van der Waals surface area contributed by atoms with E-state index >= 15 is 0 Å². The molecule has 3 fully saturated rings. The predicted octanol–water partition coefficient (Wildman–Crippen LogP) is 11.9. The van der Waals surface area contributed by atoms with Crippen LogP contribution in [0.3, 0.4) is 0 Å². The van der Waals surface area contributed by atoms with E-state index in [9.17, 15) is 0 Å². The number of oxazole rings is 1. The quantitative estimate of drug-likeness (QED) is 0.188. The normalized spacial score (nSPS) is 18.9. The summed E-state index contributed by atoms with van der Waals surface area (Å²) >= 11 is 0. The molecule has 228 valence electrons. The van der Waals surface area contributed by atoms with E-state index in [2.05, 4.69) is 121 Å². The maximum absolute atomic E-state index is 6.12. The number of fused-ring (bicyclic) bond motifs is 4. The van der Waals surface area contributed by atoms with Crippen LogP contribution in [0.15, 0.2) is 144 Å². The van der Waals surface area contributed by atoms with E-state index in [-0.39, 0.29) is 0 Å². The van der Waals surface area contributed by atoms with Crippen LogP contribution in [-0.2, 0) is 0 Å². The van der Waals surface area contributed by atoms with Crippen LogP contribution in [0.4, 0.5) is 0 Å². The predicted molar refractivity (Wildman–Crippen MR) is 192 cm³/mol. The summed E-state index contributed by atoms with van der Waals surface area (Å²) in [4.78, 5) is 9.84. The highest BCUT2D eigenvalue weighted by atomic mass is 16.3. The third-order valence-corrected chi connectivity index (χ3v) is 10.6. The maximum Gasteiger partial charge on any atom is 0.182 e. The standard InChI is InChI=1S/C44H36N2O/c1-3-9-31(10-4-1)41-26-37(27-42(46-41)32-11-5-2-6-12-32)35-15-7-13-33(24-35)34-14-8-16-36(25-34)38-21-22-39(44-43(38)45-28-47-44)40-23-29-17-19-30(40)20-18-29/h1-16,21-22,24-30,40H,17-20,23H2. The lowest BCUT2D eigenvalue weighted by atomic mass is 9.62. The molecule has 1 unspecified atom stereocenters. The fourth-order valence-corrected chi connectivity index (χ4v) is 8.21. The Morgan fingerprint density at radius 3 is 1.70 bits per heavy atom. The molecule has 2 bridgehead atoms. The molecule has 2 aromatic heterocycles. The summed E-state index contributed by atoms with van der Waals surface area (Å²) in [5, 5.41) is 0. The molecular weight excluding hydrogens is 572 g/mol. The molecule has 0 amide bonds. The van der Waals surface area contributed by atoms with Gasteiger partial charge in [0, 0.05) is 22.3 Å². The lowest BCUT2D eigenvalue weighted by molar-refractivity contribution is 0.145. The van der Waals surface area contributed by atoms with Crippen molar-refractivity contribution in [3.05, 3.63) is 145 Å². The smallest absolute Gasteiger partial charge is 0.182 e. The van der Waals surface area contributed by atoms with E-state index in [0.717, 1.165) is 67.7 Å². The van der Waals surface area contributed by atoms with Crippen molar-refractivity contribution in [2.24, 2.45) is 11.8 Å². The van der Waals surface area contributed by atoms with Crippen LogP contribution in [0.2, 0.25) is 0 Å². The van der Waals surface area contributed by atoms with Gasteiger partial charge in [-0.05, 0) is 89.1 Å². The molecule has 7 aromatic rings. The van der Waals surface area contributed by atoms with Gasteiger partial charge in [-0.3, -0.25) is 0 Å². The molecule has 3 aliphatic rings. The first-order chi connectivity index (χ1) is 23.3. The first kappa shape index (κ1) is 28.0. The van der Waals surface area contributed by atoms with Crippen molar-refractivity contribution in [2.75, 3.05) is 0 Å². The van der Waals surface area contributed by atoms with Crippen molar-refractivity contribution < 1.29 is 4.42 Å². The van der Waals surface area contributed by atoms with Gasteiger partial charge in [-0.15, -0.1) is 0 Å². The minimum Gasteiger partial charge on any atom is -0.443 e. The Morgan fingerprint density at radius 1 is 0.511 bits per heavy atom. The molecular formula is C44H36N2O. The number of rotatable bonds is 6. The Morgan fingerprint density at radius 2 is 1.09 bits per heavy atom. The monoisotopic (exact) mass is 608 g/mol. The van der Waals surface area contributed by atoms with Crippen LogP contribution in [0.1, 0.15) is 43.6 Å². The zero-order chi connectivity index (χ0) is 31.2. The van der Waals surface area contributed by atoms with Gasteiger partial charge in [0.2, 0.25) is 0 Å². The molecule has 47 heavy (non-hydrogen) atoms. The second-order valence-corrected chi connectivity index (χ2v) is 13.4. The highest BCUT2D eigenvalue weighted by Gasteiger charge is 2.37. The van der Waals surface area contributed by atoms with E-state index in [1.807, 2.05) is 12.1 Å². The maximum atomic E-state index is 6.12. The fraction of sp³-hybridized carbons (Fsp3) is 0.182. The Kier molecular flexibility index (Phi) is 7.04. The van der Waals surface area contributed by atoms with E-state index in [1.165, 1.54) is 48.8 Å². The molecule has 5 aromatic carbocycles. The van der Waals surface area contributed by atoms with Gasteiger partial charge in [-0.1, -0.05) is 122 Å². The zero-order valence-corrected chi connectivity index (χ0v) is 26.3. The second kappa shape index (κ2) is 11.8. The van der Waals surface area contributed by atoms with Gasteiger partial charge in [0.05, 0.1) is 11.4 Å². The largest absolute Gasteiger partial charge is 0.443 e. The molecule has 1 atom stereocenters. The van der Waals surface area contributed by atoms with E-state index in [4.69, 9.17) is 14.4 Å². The average molecular weight is 609 g/mol. The van der Waals surface area contributed by atoms with Gasteiger partial charge in [0.15, 0.2) is 12.0 Å². The van der Waals surface area contributed by atoms with Crippen LogP contribution in [-0.4, -0.2) is 9.97 Å². The molecule has 0 radical (unpaired) electrons. The Bertz CT molecular complexity index is 2130. The van der Waals surface area contributed by atoms with Crippen molar-refractivity contribution in [1.29, 1.82) is 0 Å². The number of aromatic nitrogens is 2. The van der Waals surface area contributed by atoms with E-state index in [0.29, 0.717) is 5.92 Å². The summed E-state index contributed by atoms with van der Waals surface area (Å²) in [6.45, 7) is 0. The SMILES string of the molecule is c1ccc(-c2cc(-c3cccc(-c4cccc(-c5ccc(C6CC7CCC6CC7)c6ocnc56)c4)c3)cc(-c3ccccc3)n2)cc1. The fourth-order valence-electron chi connectivity index (χ4n) is 8.21. The highest BCUT2D eigenvalue weighted by Crippen LogP contribution is 2.51. The van der Waals surface area contributed by atoms with Crippen molar-refractivity contribution >= 4 is 11.1 Å². The van der Waals surface area contributed by atoms with E-state index < -0.39 is 0 Å². The zero-order valence-electron chi connectivity index (χ0n) is 26.3. The number of nitrogens with zero attached hydrogens (tertiary/aromatic N) is 2. The van der Waals surface area contributed by atoms with Crippen molar-refractivity contribution in [3.63, 3.8) is 0 Å². The van der Waals surface area contributed by atoms with Crippen molar-refractivity contribution in [2.45, 2.75) is 38.0 Å². The number of hydrogen-bond donors (Lipinski definition) is 0. The summed E-state index contributed by atoms with van der Waals surface area (Å²) in [7, 11) is 0. The van der Waals surface area contributed by atoms with Crippen LogP contribution >= 0.6 is 0 Å².